The predicted molar refractivity (Wildman–Crippen MR) is 105 cm³/mol. The van der Waals surface area contributed by atoms with Crippen LogP contribution in [0, 0.1) is 21.4 Å². The zero-order valence-corrected chi connectivity index (χ0v) is 15.0. The van der Waals surface area contributed by atoms with Crippen molar-refractivity contribution in [2.75, 3.05) is 0 Å². The Hall–Kier alpha value is -3.96. The molecule has 0 aliphatic carbocycles. The molecule has 0 saturated heterocycles. The van der Waals surface area contributed by atoms with Gasteiger partial charge in [0.25, 0.3) is 5.69 Å². The van der Waals surface area contributed by atoms with Crippen molar-refractivity contribution in [3.8, 4) is 17.4 Å². The van der Waals surface area contributed by atoms with Crippen LogP contribution in [0.15, 0.2) is 65.1 Å². The monoisotopic (exact) mass is 389 g/mol. The van der Waals surface area contributed by atoms with E-state index in [4.69, 9.17) is 4.42 Å². The van der Waals surface area contributed by atoms with E-state index >= 15 is 0 Å². The number of hydrogen-bond acceptors (Lipinski definition) is 7. The largest absolute Gasteiger partial charge is 0.503 e. The van der Waals surface area contributed by atoms with Crippen LogP contribution in [-0.4, -0.2) is 15.0 Å². The highest BCUT2D eigenvalue weighted by Crippen LogP contribution is 2.33. The molecular weight excluding hydrogens is 378 g/mol. The van der Waals surface area contributed by atoms with Crippen LogP contribution in [0.5, 0.6) is 0 Å². The van der Waals surface area contributed by atoms with Crippen molar-refractivity contribution in [2.45, 2.75) is 0 Å². The predicted octanol–water partition coefficient (Wildman–Crippen LogP) is 5.41. The number of rotatable bonds is 4. The molecule has 0 unspecified atom stereocenters. The molecule has 136 valence electrons. The molecule has 0 atom stereocenters. The lowest BCUT2D eigenvalue weighted by atomic mass is 10.1. The topological polar surface area (TPSA) is 113 Å². The van der Waals surface area contributed by atoms with Gasteiger partial charge in [0.2, 0.25) is 0 Å². The third-order valence-corrected chi connectivity index (χ3v) is 5.11. The van der Waals surface area contributed by atoms with Gasteiger partial charge in [-0.2, -0.15) is 5.26 Å². The summed E-state index contributed by atoms with van der Waals surface area (Å²) in [6.07, 6.45) is 0. The van der Waals surface area contributed by atoms with Crippen LogP contribution in [0.2, 0.25) is 0 Å². The Bertz CT molecular complexity index is 1230. The van der Waals surface area contributed by atoms with Crippen molar-refractivity contribution < 1.29 is 14.4 Å². The number of fused-ring (bicyclic) bond motifs is 1. The van der Waals surface area contributed by atoms with Crippen LogP contribution in [0.25, 0.3) is 32.9 Å². The summed E-state index contributed by atoms with van der Waals surface area (Å²) in [6, 6.07) is 18.5. The SMILES string of the molecule is N#CC(=C(O)c1ccc(-c2ccc([N+](=O)[O-])cc2)o1)c1nc2ccccc2s1. The zero-order valence-electron chi connectivity index (χ0n) is 14.2. The van der Waals surface area contributed by atoms with Gasteiger partial charge in [0, 0.05) is 17.7 Å². The molecule has 2 aromatic heterocycles. The highest BCUT2D eigenvalue weighted by molar-refractivity contribution is 7.19. The standard InChI is InChI=1S/C20H11N3O4S/c21-11-14(20-22-15-3-1-2-4-18(15)28-20)19(24)17-10-9-16(27-17)12-5-7-13(8-6-12)23(25)26/h1-10,24H. The van der Waals surface area contributed by atoms with E-state index in [0.717, 1.165) is 10.2 Å². The molecule has 2 aromatic carbocycles. The van der Waals surface area contributed by atoms with E-state index in [1.807, 2.05) is 30.3 Å². The van der Waals surface area contributed by atoms with E-state index in [9.17, 15) is 20.5 Å². The third kappa shape index (κ3) is 3.11. The van der Waals surface area contributed by atoms with E-state index in [1.54, 1.807) is 18.2 Å². The summed E-state index contributed by atoms with van der Waals surface area (Å²) in [5.74, 6) is 0.219. The van der Waals surface area contributed by atoms with E-state index < -0.39 is 4.92 Å². The number of non-ortho nitro benzene ring substituents is 1. The molecule has 2 heterocycles. The lowest BCUT2D eigenvalue weighted by Gasteiger charge is -2.00. The normalized spacial score (nSPS) is 11.8. The molecule has 0 aliphatic heterocycles. The number of nitrogens with zero attached hydrogens (tertiary/aromatic N) is 3. The second-order valence-corrected chi connectivity index (χ2v) is 6.82. The lowest BCUT2D eigenvalue weighted by molar-refractivity contribution is -0.384. The van der Waals surface area contributed by atoms with Crippen molar-refractivity contribution in [3.05, 3.63) is 81.5 Å². The number of nitro benzene ring substituents is 1. The molecule has 0 aliphatic rings. The molecule has 0 saturated carbocycles. The summed E-state index contributed by atoms with van der Waals surface area (Å²) in [7, 11) is 0. The van der Waals surface area contributed by atoms with Gasteiger partial charge in [-0.1, -0.05) is 12.1 Å². The number of benzene rings is 2. The minimum absolute atomic E-state index is 0.0193. The Morgan fingerprint density at radius 2 is 1.89 bits per heavy atom. The number of nitriles is 1. The zero-order chi connectivity index (χ0) is 19.7. The van der Waals surface area contributed by atoms with Gasteiger partial charge in [0.05, 0.1) is 15.1 Å². The quantitative estimate of drug-likeness (QED) is 0.216. The summed E-state index contributed by atoms with van der Waals surface area (Å²) in [4.78, 5) is 14.7. The maximum absolute atomic E-state index is 10.8. The summed E-state index contributed by atoms with van der Waals surface area (Å²) in [5.41, 5.74) is 1.35. The highest BCUT2D eigenvalue weighted by atomic mass is 32.1. The Balaban J connectivity index is 1.71. The lowest BCUT2D eigenvalue weighted by Crippen LogP contribution is -1.88. The maximum atomic E-state index is 10.8. The second-order valence-electron chi connectivity index (χ2n) is 5.79. The average molecular weight is 389 g/mol. The summed E-state index contributed by atoms with van der Waals surface area (Å²) in [6.45, 7) is 0. The van der Waals surface area contributed by atoms with Crippen molar-refractivity contribution in [1.82, 2.24) is 4.98 Å². The number of aromatic nitrogens is 1. The van der Waals surface area contributed by atoms with E-state index in [-0.39, 0.29) is 22.8 Å². The molecule has 4 aromatic rings. The number of aliphatic hydroxyl groups is 1. The first kappa shape index (κ1) is 17.5. The van der Waals surface area contributed by atoms with Gasteiger partial charge in [0.1, 0.15) is 22.4 Å². The number of para-hydroxylation sites is 1. The molecular formula is C20H11N3O4S. The van der Waals surface area contributed by atoms with Crippen LogP contribution in [0.3, 0.4) is 0 Å². The van der Waals surface area contributed by atoms with Gasteiger partial charge in [0.15, 0.2) is 11.5 Å². The first-order valence-corrected chi connectivity index (χ1v) is 8.93. The Morgan fingerprint density at radius 3 is 2.57 bits per heavy atom. The van der Waals surface area contributed by atoms with Crippen LogP contribution in [-0.2, 0) is 0 Å². The number of hydrogen-bond donors (Lipinski definition) is 1. The molecule has 0 bridgehead atoms. The molecule has 28 heavy (non-hydrogen) atoms. The smallest absolute Gasteiger partial charge is 0.269 e. The van der Waals surface area contributed by atoms with Crippen molar-refractivity contribution >= 4 is 38.6 Å². The van der Waals surface area contributed by atoms with Crippen molar-refractivity contribution in [1.29, 1.82) is 5.26 Å². The van der Waals surface area contributed by atoms with E-state index in [0.29, 0.717) is 16.3 Å². The van der Waals surface area contributed by atoms with E-state index in [2.05, 4.69) is 4.98 Å². The minimum Gasteiger partial charge on any atom is -0.503 e. The van der Waals surface area contributed by atoms with Crippen LogP contribution in [0.4, 0.5) is 5.69 Å². The van der Waals surface area contributed by atoms with Gasteiger partial charge in [-0.15, -0.1) is 11.3 Å². The molecule has 0 radical (unpaired) electrons. The van der Waals surface area contributed by atoms with Gasteiger partial charge < -0.3 is 9.52 Å². The van der Waals surface area contributed by atoms with Crippen LogP contribution >= 0.6 is 11.3 Å². The molecule has 4 rings (SSSR count). The Labute approximate surface area is 162 Å². The fourth-order valence-corrected chi connectivity index (χ4v) is 3.63. The first-order valence-electron chi connectivity index (χ1n) is 8.11. The van der Waals surface area contributed by atoms with Gasteiger partial charge in [-0.3, -0.25) is 10.1 Å². The van der Waals surface area contributed by atoms with Crippen molar-refractivity contribution in [2.24, 2.45) is 0 Å². The minimum atomic E-state index is -0.483. The van der Waals surface area contributed by atoms with Crippen LogP contribution in [0.1, 0.15) is 10.8 Å². The average Bonchev–Trinajstić information content (AvgIpc) is 3.36. The summed E-state index contributed by atoms with van der Waals surface area (Å²) in [5, 5.41) is 31.3. The van der Waals surface area contributed by atoms with Crippen molar-refractivity contribution in [3.63, 3.8) is 0 Å². The maximum Gasteiger partial charge on any atom is 0.269 e. The number of furan rings is 1. The molecule has 0 amide bonds. The highest BCUT2D eigenvalue weighted by Gasteiger charge is 2.18. The fraction of sp³-hybridized carbons (Fsp3) is 0. The molecule has 0 spiro atoms. The van der Waals surface area contributed by atoms with Gasteiger partial charge >= 0.3 is 0 Å². The summed E-state index contributed by atoms with van der Waals surface area (Å²) >= 11 is 1.30. The number of thiazole rings is 1. The number of aliphatic hydroxyl groups excluding tert-OH is 1. The van der Waals surface area contributed by atoms with Gasteiger partial charge in [-0.25, -0.2) is 4.98 Å². The number of allylic oxidation sites excluding steroid dienone is 1. The molecule has 7 nitrogen and oxygen atoms in total. The van der Waals surface area contributed by atoms with Gasteiger partial charge in [-0.05, 0) is 36.4 Å². The third-order valence-electron chi connectivity index (χ3n) is 4.06. The van der Waals surface area contributed by atoms with E-state index in [1.165, 1.54) is 29.5 Å². The van der Waals surface area contributed by atoms with Crippen LogP contribution < -0.4 is 0 Å². The molecule has 1 N–H and O–H groups in total. The fourth-order valence-electron chi connectivity index (χ4n) is 2.67. The second kappa shape index (κ2) is 6.98. The summed E-state index contributed by atoms with van der Waals surface area (Å²) < 4.78 is 6.56. The number of nitro groups is 1. The first-order chi connectivity index (χ1) is 13.6. The molecule has 8 heteroatoms. The Kier molecular flexibility index (Phi) is 4.35. The Morgan fingerprint density at radius 1 is 1.14 bits per heavy atom. The molecule has 0 fully saturated rings.